The number of nitrogens with zero attached hydrogens (tertiary/aromatic N) is 3. The molecule has 3 rings (SSSR count). The second kappa shape index (κ2) is 11.6. The number of hydrogen-bond acceptors (Lipinski definition) is 7. The SMILES string of the molecule is COC(=O)CN(CC(=O)N1CCN(c2cccc(C)c2)CC1)Cc1cc(OC)cc(OC)c1. The van der Waals surface area contributed by atoms with E-state index in [1.807, 2.05) is 17.0 Å². The van der Waals surface area contributed by atoms with Gasteiger partial charge in [0.2, 0.25) is 5.91 Å². The molecule has 8 nitrogen and oxygen atoms in total. The minimum absolute atomic E-state index is 0.00217. The average molecular weight is 456 g/mol. The molecule has 0 radical (unpaired) electrons. The van der Waals surface area contributed by atoms with Crippen molar-refractivity contribution in [3.63, 3.8) is 0 Å². The van der Waals surface area contributed by atoms with E-state index in [1.165, 1.54) is 18.4 Å². The summed E-state index contributed by atoms with van der Waals surface area (Å²) in [5, 5.41) is 0. The lowest BCUT2D eigenvalue weighted by atomic mass is 10.1. The minimum Gasteiger partial charge on any atom is -0.497 e. The average Bonchev–Trinajstić information content (AvgIpc) is 2.83. The predicted octanol–water partition coefficient (Wildman–Crippen LogP) is 2.34. The van der Waals surface area contributed by atoms with Gasteiger partial charge in [-0.15, -0.1) is 0 Å². The molecule has 0 saturated carbocycles. The molecule has 1 aliphatic rings. The van der Waals surface area contributed by atoms with E-state index in [2.05, 4.69) is 36.1 Å². The Balaban J connectivity index is 1.64. The molecule has 2 aromatic rings. The summed E-state index contributed by atoms with van der Waals surface area (Å²) < 4.78 is 15.5. The van der Waals surface area contributed by atoms with Crippen LogP contribution in [0.2, 0.25) is 0 Å². The van der Waals surface area contributed by atoms with Crippen LogP contribution in [0.25, 0.3) is 0 Å². The van der Waals surface area contributed by atoms with Crippen LogP contribution in [-0.2, 0) is 20.9 Å². The molecular formula is C25H33N3O5. The third kappa shape index (κ3) is 6.86. The highest BCUT2D eigenvalue weighted by Gasteiger charge is 2.24. The number of carbonyl (C=O) groups excluding carboxylic acids is 2. The summed E-state index contributed by atoms with van der Waals surface area (Å²) in [6.07, 6.45) is 0. The first-order valence-corrected chi connectivity index (χ1v) is 11.0. The Morgan fingerprint density at radius 3 is 2.15 bits per heavy atom. The van der Waals surface area contributed by atoms with Crippen LogP contribution < -0.4 is 14.4 Å². The van der Waals surface area contributed by atoms with Gasteiger partial charge in [-0.25, -0.2) is 0 Å². The van der Waals surface area contributed by atoms with E-state index in [0.717, 1.165) is 18.7 Å². The number of carbonyl (C=O) groups is 2. The summed E-state index contributed by atoms with van der Waals surface area (Å²) in [4.78, 5) is 31.0. The van der Waals surface area contributed by atoms with Gasteiger partial charge in [0.1, 0.15) is 11.5 Å². The maximum Gasteiger partial charge on any atom is 0.319 e. The molecule has 0 unspecified atom stereocenters. The zero-order valence-corrected chi connectivity index (χ0v) is 19.9. The monoisotopic (exact) mass is 455 g/mol. The maximum absolute atomic E-state index is 13.1. The number of ether oxygens (including phenoxy) is 3. The first-order valence-electron chi connectivity index (χ1n) is 11.0. The molecule has 0 spiro atoms. The number of piperazine rings is 1. The van der Waals surface area contributed by atoms with Gasteiger partial charge in [-0.2, -0.15) is 0 Å². The fraction of sp³-hybridized carbons (Fsp3) is 0.440. The number of rotatable bonds is 9. The third-order valence-electron chi connectivity index (χ3n) is 5.76. The number of aryl methyl sites for hydroxylation is 1. The fourth-order valence-corrected chi connectivity index (χ4v) is 3.96. The molecule has 8 heteroatoms. The topological polar surface area (TPSA) is 71.6 Å². The fourth-order valence-electron chi connectivity index (χ4n) is 3.96. The zero-order chi connectivity index (χ0) is 23.8. The Bertz CT molecular complexity index is 935. The van der Waals surface area contributed by atoms with Crippen molar-refractivity contribution in [3.05, 3.63) is 53.6 Å². The van der Waals surface area contributed by atoms with Gasteiger partial charge in [0.25, 0.3) is 0 Å². The second-order valence-corrected chi connectivity index (χ2v) is 8.15. The van der Waals surface area contributed by atoms with E-state index in [1.54, 1.807) is 25.2 Å². The number of methoxy groups -OCH3 is 3. The van der Waals surface area contributed by atoms with Crippen molar-refractivity contribution in [1.82, 2.24) is 9.80 Å². The summed E-state index contributed by atoms with van der Waals surface area (Å²) in [6, 6.07) is 13.9. The Morgan fingerprint density at radius 1 is 0.909 bits per heavy atom. The first kappa shape index (κ1) is 24.4. The molecule has 0 aromatic heterocycles. The molecule has 178 valence electrons. The highest BCUT2D eigenvalue weighted by atomic mass is 16.5. The number of benzene rings is 2. The number of anilines is 1. The summed E-state index contributed by atoms with van der Waals surface area (Å²) in [7, 11) is 4.52. The van der Waals surface area contributed by atoms with Crippen molar-refractivity contribution >= 4 is 17.6 Å². The molecule has 1 fully saturated rings. The zero-order valence-electron chi connectivity index (χ0n) is 19.9. The minimum atomic E-state index is -0.387. The number of esters is 1. The first-order chi connectivity index (χ1) is 15.9. The van der Waals surface area contributed by atoms with Crippen molar-refractivity contribution in [2.75, 3.05) is 65.5 Å². The lowest BCUT2D eigenvalue weighted by molar-refractivity contribution is -0.143. The maximum atomic E-state index is 13.1. The number of hydrogen-bond donors (Lipinski definition) is 0. The van der Waals surface area contributed by atoms with Gasteiger partial charge in [0.15, 0.2) is 0 Å². The van der Waals surface area contributed by atoms with E-state index in [-0.39, 0.29) is 25.0 Å². The molecule has 0 N–H and O–H groups in total. The summed E-state index contributed by atoms with van der Waals surface area (Å²) in [6.45, 7) is 5.45. The van der Waals surface area contributed by atoms with E-state index in [4.69, 9.17) is 14.2 Å². The molecule has 0 bridgehead atoms. The van der Waals surface area contributed by atoms with E-state index in [0.29, 0.717) is 31.1 Å². The van der Waals surface area contributed by atoms with Crippen LogP contribution in [0, 0.1) is 6.92 Å². The van der Waals surface area contributed by atoms with Crippen LogP contribution in [0.4, 0.5) is 5.69 Å². The molecule has 0 atom stereocenters. The Hall–Kier alpha value is -3.26. The van der Waals surface area contributed by atoms with Crippen molar-refractivity contribution in [2.24, 2.45) is 0 Å². The van der Waals surface area contributed by atoms with Crippen LogP contribution >= 0.6 is 0 Å². The van der Waals surface area contributed by atoms with E-state index < -0.39 is 0 Å². The summed E-state index contributed by atoms with van der Waals surface area (Å²) in [5.74, 6) is 0.918. The summed E-state index contributed by atoms with van der Waals surface area (Å²) >= 11 is 0. The molecule has 2 aromatic carbocycles. The van der Waals surface area contributed by atoms with Crippen LogP contribution in [0.5, 0.6) is 11.5 Å². The van der Waals surface area contributed by atoms with Crippen LogP contribution in [0.15, 0.2) is 42.5 Å². The lowest BCUT2D eigenvalue weighted by Gasteiger charge is -2.37. The Labute approximate surface area is 195 Å². The van der Waals surface area contributed by atoms with Gasteiger partial charge in [-0.1, -0.05) is 12.1 Å². The van der Waals surface area contributed by atoms with Crippen LogP contribution in [0.3, 0.4) is 0 Å². The molecule has 1 saturated heterocycles. The van der Waals surface area contributed by atoms with E-state index >= 15 is 0 Å². The molecule has 1 heterocycles. The molecule has 1 aliphatic heterocycles. The van der Waals surface area contributed by atoms with Crippen molar-refractivity contribution in [1.29, 1.82) is 0 Å². The Kier molecular flexibility index (Phi) is 8.54. The standard InChI is InChI=1S/C25H33N3O5/c1-19-6-5-7-21(12-19)27-8-10-28(11-9-27)24(29)17-26(18-25(30)33-4)16-20-13-22(31-2)15-23(14-20)32-3/h5-7,12-15H,8-11,16-18H2,1-4H3. The van der Waals surface area contributed by atoms with Crippen molar-refractivity contribution in [3.8, 4) is 11.5 Å². The van der Waals surface area contributed by atoms with Crippen LogP contribution in [-0.4, -0.2) is 82.3 Å². The number of amides is 1. The third-order valence-corrected chi connectivity index (χ3v) is 5.76. The van der Waals surface area contributed by atoms with Crippen molar-refractivity contribution in [2.45, 2.75) is 13.5 Å². The normalized spacial score (nSPS) is 13.7. The van der Waals surface area contributed by atoms with Crippen LogP contribution in [0.1, 0.15) is 11.1 Å². The largest absolute Gasteiger partial charge is 0.497 e. The summed E-state index contributed by atoms with van der Waals surface area (Å²) in [5.41, 5.74) is 3.28. The van der Waals surface area contributed by atoms with Gasteiger partial charge in [-0.05, 0) is 42.3 Å². The highest BCUT2D eigenvalue weighted by Crippen LogP contribution is 2.24. The molecule has 33 heavy (non-hydrogen) atoms. The van der Waals surface area contributed by atoms with Gasteiger partial charge in [0, 0.05) is 44.5 Å². The highest BCUT2D eigenvalue weighted by molar-refractivity contribution is 5.79. The van der Waals surface area contributed by atoms with Gasteiger partial charge in [0.05, 0.1) is 34.4 Å². The smallest absolute Gasteiger partial charge is 0.319 e. The van der Waals surface area contributed by atoms with Gasteiger partial charge < -0.3 is 24.0 Å². The van der Waals surface area contributed by atoms with Gasteiger partial charge in [-0.3, -0.25) is 14.5 Å². The van der Waals surface area contributed by atoms with Crippen molar-refractivity contribution < 1.29 is 23.8 Å². The quantitative estimate of drug-likeness (QED) is 0.538. The molecule has 1 amide bonds. The molecule has 0 aliphatic carbocycles. The predicted molar refractivity (Wildman–Crippen MR) is 127 cm³/mol. The van der Waals surface area contributed by atoms with Gasteiger partial charge >= 0.3 is 5.97 Å². The van der Waals surface area contributed by atoms with E-state index in [9.17, 15) is 9.59 Å². The Morgan fingerprint density at radius 2 is 1.58 bits per heavy atom. The lowest BCUT2D eigenvalue weighted by Crippen LogP contribution is -2.51. The molecular weight excluding hydrogens is 422 g/mol. The second-order valence-electron chi connectivity index (χ2n) is 8.15.